The van der Waals surface area contributed by atoms with E-state index in [1.165, 1.54) is 23.9 Å². The Hall–Kier alpha value is -2.72. The zero-order valence-electron chi connectivity index (χ0n) is 19.5. The van der Waals surface area contributed by atoms with Crippen molar-refractivity contribution in [1.82, 2.24) is 14.6 Å². The van der Waals surface area contributed by atoms with Gasteiger partial charge >= 0.3 is 19.4 Å². The van der Waals surface area contributed by atoms with Gasteiger partial charge in [0.15, 0.2) is 0 Å². The van der Waals surface area contributed by atoms with Crippen molar-refractivity contribution in [3.05, 3.63) is 53.1 Å². The van der Waals surface area contributed by atoms with Gasteiger partial charge in [-0.2, -0.15) is 10.1 Å². The highest BCUT2D eigenvalue weighted by atomic mass is 31.2. The van der Waals surface area contributed by atoms with Gasteiger partial charge in [-0.25, -0.2) is 9.36 Å². The summed E-state index contributed by atoms with van der Waals surface area (Å²) in [7, 11) is -2.74. The zero-order chi connectivity index (χ0) is 24.7. The van der Waals surface area contributed by atoms with Gasteiger partial charge in [0.1, 0.15) is 23.8 Å². The van der Waals surface area contributed by atoms with E-state index in [0.717, 1.165) is 0 Å². The Kier molecular flexibility index (Phi) is 8.84. The first-order valence-corrected chi connectivity index (χ1v) is 12.6. The van der Waals surface area contributed by atoms with E-state index in [4.69, 9.17) is 24.3 Å². The van der Waals surface area contributed by atoms with Gasteiger partial charge in [0.05, 0.1) is 19.8 Å². The second-order valence-corrected chi connectivity index (χ2v) is 10.1. The number of rotatable bonds is 11. The maximum absolute atomic E-state index is 13.7. The molecule has 1 aromatic carbocycles. The van der Waals surface area contributed by atoms with Gasteiger partial charge in [0.25, 0.3) is 0 Å². The minimum Gasteiger partial charge on any atom is -0.468 e. The number of hydrogen-bond acceptors (Lipinski definition) is 9. The lowest BCUT2D eigenvalue weighted by Gasteiger charge is -2.26. The van der Waals surface area contributed by atoms with Crippen LogP contribution in [0.3, 0.4) is 0 Å². The van der Waals surface area contributed by atoms with Crippen LogP contribution in [0, 0.1) is 5.92 Å². The minimum atomic E-state index is -4.01. The lowest BCUT2D eigenvalue weighted by Crippen LogP contribution is -2.38. The van der Waals surface area contributed by atoms with E-state index < -0.39 is 37.8 Å². The summed E-state index contributed by atoms with van der Waals surface area (Å²) in [5, 5.41) is 2.75. The molecule has 0 spiro atoms. The number of anilines is 1. The van der Waals surface area contributed by atoms with Crippen LogP contribution in [0.5, 0.6) is 5.75 Å². The van der Waals surface area contributed by atoms with E-state index in [0.29, 0.717) is 25.0 Å². The van der Waals surface area contributed by atoms with Crippen LogP contribution in [-0.2, 0) is 23.4 Å². The Bertz CT molecular complexity index is 1060. The standard InChI is InChI=1S/C22H31N4O7P/c1-15(2)13-18(21(27)30-3)25-34(29,33-16-7-5-4-6-8-16)31-14-17-9-10-20(32-17)26-12-11-19(23)24-22(26)28/h4-8,11-12,15,17-18,20H,9-10,13-14H2,1-3H3,(H,25,29)(H2,23,24,28)/t17-,18?,20+,34?/m0/s1. The van der Waals surface area contributed by atoms with Crippen LogP contribution in [0.25, 0.3) is 0 Å². The van der Waals surface area contributed by atoms with E-state index in [-0.39, 0.29) is 18.3 Å². The van der Waals surface area contributed by atoms with Crippen LogP contribution in [0.1, 0.15) is 39.3 Å². The number of hydrogen-bond donors (Lipinski definition) is 2. The molecule has 2 heterocycles. The Morgan fingerprint density at radius 2 is 2.03 bits per heavy atom. The molecule has 0 amide bonds. The SMILES string of the molecule is COC(=O)C(CC(C)C)NP(=O)(OC[C@@H]1CC[C@H](n2ccc(N)nc2=O)O1)Oc1ccccc1. The van der Waals surface area contributed by atoms with Crippen molar-refractivity contribution in [1.29, 1.82) is 0 Å². The molecule has 0 radical (unpaired) electrons. The second kappa shape index (κ2) is 11.6. The molecule has 0 bridgehead atoms. The number of nitrogens with zero attached hydrogens (tertiary/aromatic N) is 2. The van der Waals surface area contributed by atoms with Crippen LogP contribution >= 0.6 is 7.75 Å². The average Bonchev–Trinajstić information content (AvgIpc) is 3.26. The number of methoxy groups -OCH3 is 1. The van der Waals surface area contributed by atoms with Crippen LogP contribution in [0.15, 0.2) is 47.4 Å². The Morgan fingerprint density at radius 1 is 1.29 bits per heavy atom. The molecule has 3 rings (SSSR count). The summed E-state index contributed by atoms with van der Waals surface area (Å²) in [4.78, 5) is 28.1. The molecule has 4 atom stereocenters. The van der Waals surface area contributed by atoms with Crippen molar-refractivity contribution >= 4 is 19.5 Å². The van der Waals surface area contributed by atoms with Gasteiger partial charge in [0, 0.05) is 6.20 Å². The van der Waals surface area contributed by atoms with E-state index >= 15 is 0 Å². The van der Waals surface area contributed by atoms with Gasteiger partial charge in [0.2, 0.25) is 0 Å². The summed E-state index contributed by atoms with van der Waals surface area (Å²) in [6, 6.07) is 9.15. The van der Waals surface area contributed by atoms with Crippen molar-refractivity contribution in [3.8, 4) is 5.75 Å². The van der Waals surface area contributed by atoms with E-state index in [1.54, 1.807) is 30.3 Å². The molecule has 1 fully saturated rings. The van der Waals surface area contributed by atoms with Crippen LogP contribution in [0.4, 0.5) is 5.82 Å². The first-order chi connectivity index (χ1) is 16.2. The van der Waals surface area contributed by atoms with Crippen molar-refractivity contribution in [2.24, 2.45) is 5.92 Å². The smallest absolute Gasteiger partial charge is 0.459 e. The predicted molar refractivity (Wildman–Crippen MR) is 125 cm³/mol. The highest BCUT2D eigenvalue weighted by Crippen LogP contribution is 2.46. The maximum atomic E-state index is 13.7. The van der Waals surface area contributed by atoms with Crippen LogP contribution in [0.2, 0.25) is 0 Å². The molecular weight excluding hydrogens is 463 g/mol. The predicted octanol–water partition coefficient (Wildman–Crippen LogP) is 2.88. The summed E-state index contributed by atoms with van der Waals surface area (Å²) in [6.45, 7) is 3.78. The molecule has 12 heteroatoms. The number of para-hydroxylation sites is 1. The first-order valence-electron chi connectivity index (χ1n) is 11.0. The topological polar surface area (TPSA) is 144 Å². The number of nitrogen functional groups attached to an aromatic ring is 1. The molecule has 2 aromatic rings. The monoisotopic (exact) mass is 494 g/mol. The molecule has 0 saturated carbocycles. The third kappa shape index (κ3) is 7.14. The molecule has 1 saturated heterocycles. The molecule has 1 aliphatic rings. The summed E-state index contributed by atoms with van der Waals surface area (Å²) in [5.74, 6) is -0.00361. The highest BCUT2D eigenvalue weighted by molar-refractivity contribution is 7.52. The van der Waals surface area contributed by atoms with Crippen molar-refractivity contribution in [2.45, 2.75) is 51.5 Å². The fourth-order valence-electron chi connectivity index (χ4n) is 3.56. The molecule has 1 aromatic heterocycles. The van der Waals surface area contributed by atoms with Crippen LogP contribution < -0.4 is 21.0 Å². The Morgan fingerprint density at radius 3 is 2.68 bits per heavy atom. The summed E-state index contributed by atoms with van der Waals surface area (Å²) in [6.07, 6.45) is 1.99. The van der Waals surface area contributed by atoms with Crippen molar-refractivity contribution in [2.75, 3.05) is 19.5 Å². The number of benzene rings is 1. The fourth-order valence-corrected chi connectivity index (χ4v) is 5.09. The van der Waals surface area contributed by atoms with Crippen molar-refractivity contribution in [3.63, 3.8) is 0 Å². The van der Waals surface area contributed by atoms with Crippen LogP contribution in [-0.4, -0.2) is 41.4 Å². The first kappa shape index (κ1) is 25.9. The van der Waals surface area contributed by atoms with E-state index in [9.17, 15) is 14.2 Å². The lowest BCUT2D eigenvalue weighted by molar-refractivity contribution is -0.143. The number of esters is 1. The highest BCUT2D eigenvalue weighted by Gasteiger charge is 2.37. The second-order valence-electron chi connectivity index (χ2n) is 8.36. The van der Waals surface area contributed by atoms with Gasteiger partial charge in [-0.15, -0.1) is 0 Å². The van der Waals surface area contributed by atoms with Gasteiger partial charge in [-0.05, 0) is 43.4 Å². The van der Waals surface area contributed by atoms with Crippen molar-refractivity contribution < 1.29 is 27.9 Å². The number of ether oxygens (including phenoxy) is 2. The fraction of sp³-hybridized carbons (Fsp3) is 0.500. The number of nitrogens with two attached hydrogens (primary N) is 1. The third-order valence-corrected chi connectivity index (χ3v) is 6.72. The lowest BCUT2D eigenvalue weighted by atomic mass is 10.1. The van der Waals surface area contributed by atoms with Gasteiger partial charge < -0.3 is 19.7 Å². The minimum absolute atomic E-state index is 0.0830. The quantitative estimate of drug-likeness (QED) is 0.353. The summed E-state index contributed by atoms with van der Waals surface area (Å²) in [5.41, 5.74) is 5.03. The largest absolute Gasteiger partial charge is 0.468 e. The molecule has 34 heavy (non-hydrogen) atoms. The molecule has 3 N–H and O–H groups in total. The molecular formula is C22H31N4O7P. The van der Waals surface area contributed by atoms with Gasteiger partial charge in [-0.1, -0.05) is 32.0 Å². The Balaban J connectivity index is 1.71. The molecule has 11 nitrogen and oxygen atoms in total. The molecule has 0 aliphatic carbocycles. The number of carbonyl (C=O) groups is 1. The number of carbonyl (C=O) groups excluding carboxylic acids is 1. The average molecular weight is 494 g/mol. The Labute approximate surface area is 198 Å². The summed E-state index contributed by atoms with van der Waals surface area (Å²) >= 11 is 0. The zero-order valence-corrected chi connectivity index (χ0v) is 20.4. The van der Waals surface area contributed by atoms with E-state index in [2.05, 4.69) is 10.1 Å². The number of aromatic nitrogens is 2. The third-order valence-electron chi connectivity index (χ3n) is 5.15. The normalized spacial score (nSPS) is 20.6. The van der Waals surface area contributed by atoms with E-state index in [1.807, 2.05) is 13.8 Å². The molecule has 1 aliphatic heterocycles. The maximum Gasteiger partial charge on any atom is 0.459 e. The van der Waals surface area contributed by atoms with Gasteiger partial charge in [-0.3, -0.25) is 13.9 Å². The summed E-state index contributed by atoms with van der Waals surface area (Å²) < 4.78 is 37.2. The molecule has 186 valence electrons. The number of nitrogens with one attached hydrogen (secondary N) is 1. The molecule has 2 unspecified atom stereocenters.